The fourth-order valence-electron chi connectivity index (χ4n) is 3.44. The van der Waals surface area contributed by atoms with Crippen LogP contribution in [0.25, 0.3) is 0 Å². The smallest absolute Gasteiger partial charge is 0.324 e. The molecule has 0 spiro atoms. The number of halogens is 2. The number of nitrogens with one attached hydrogen (secondary N) is 3. The van der Waals surface area contributed by atoms with Gasteiger partial charge in [0.05, 0.1) is 6.54 Å². The molecule has 0 aromatic heterocycles. The third-order valence-corrected chi connectivity index (χ3v) is 5.04. The first-order valence-electron chi connectivity index (χ1n) is 9.57. The lowest BCUT2D eigenvalue weighted by molar-refractivity contribution is -0.124. The maximum atomic E-state index is 13.0. The number of guanidine groups is 1. The van der Waals surface area contributed by atoms with Gasteiger partial charge in [0.25, 0.3) is 0 Å². The molecule has 29 heavy (non-hydrogen) atoms. The van der Waals surface area contributed by atoms with Gasteiger partial charge in [-0.15, -0.1) is 24.0 Å². The summed E-state index contributed by atoms with van der Waals surface area (Å²) in [6, 6.07) is 6.63. The van der Waals surface area contributed by atoms with Gasteiger partial charge in [0.15, 0.2) is 5.96 Å². The molecule has 0 atom stereocenters. The van der Waals surface area contributed by atoms with Gasteiger partial charge in [0, 0.05) is 45.8 Å². The molecule has 2 fully saturated rings. The van der Waals surface area contributed by atoms with Crippen molar-refractivity contribution >= 4 is 41.9 Å². The van der Waals surface area contributed by atoms with Gasteiger partial charge in [-0.3, -0.25) is 19.6 Å². The summed E-state index contributed by atoms with van der Waals surface area (Å²) in [5, 5.41) is 9.06. The Kier molecular flexibility index (Phi) is 9.08. The van der Waals surface area contributed by atoms with E-state index in [1.807, 2.05) is 12.1 Å². The van der Waals surface area contributed by atoms with Crippen molar-refractivity contribution in [3.05, 3.63) is 35.6 Å². The van der Waals surface area contributed by atoms with Gasteiger partial charge >= 0.3 is 6.03 Å². The number of carbonyl (C=O) groups excluding carboxylic acids is 2. The fourth-order valence-corrected chi connectivity index (χ4v) is 3.44. The number of benzene rings is 1. The lowest BCUT2D eigenvalue weighted by Crippen LogP contribution is -2.49. The van der Waals surface area contributed by atoms with Crippen LogP contribution >= 0.6 is 24.0 Å². The Morgan fingerprint density at radius 2 is 1.93 bits per heavy atom. The second kappa shape index (κ2) is 11.3. The monoisotopic (exact) mass is 518 g/mol. The van der Waals surface area contributed by atoms with Crippen LogP contribution in [0.2, 0.25) is 0 Å². The predicted molar refractivity (Wildman–Crippen MR) is 120 cm³/mol. The number of imide groups is 1. The molecule has 3 amide bonds. The van der Waals surface area contributed by atoms with Crippen LogP contribution in [-0.4, -0.2) is 73.5 Å². The maximum Gasteiger partial charge on any atom is 0.324 e. The van der Waals surface area contributed by atoms with Crippen molar-refractivity contribution in [2.75, 3.05) is 39.8 Å². The summed E-state index contributed by atoms with van der Waals surface area (Å²) in [6.45, 7) is 3.56. The summed E-state index contributed by atoms with van der Waals surface area (Å²) in [4.78, 5) is 30.9. The minimum Gasteiger partial charge on any atom is -0.355 e. The first kappa shape index (κ1) is 23.3. The number of carbonyl (C=O) groups is 2. The average Bonchev–Trinajstić information content (AvgIpc) is 3.02. The zero-order valence-corrected chi connectivity index (χ0v) is 18.8. The van der Waals surface area contributed by atoms with Gasteiger partial charge in [-0.05, 0) is 30.5 Å². The van der Waals surface area contributed by atoms with Crippen molar-refractivity contribution in [1.82, 2.24) is 25.8 Å². The first-order chi connectivity index (χ1) is 13.5. The predicted octanol–water partition coefficient (Wildman–Crippen LogP) is 1.12. The summed E-state index contributed by atoms with van der Waals surface area (Å²) in [5.74, 6) is 0.257. The lowest BCUT2D eigenvalue weighted by atomic mass is 10.0. The molecule has 3 rings (SSSR count). The Bertz CT molecular complexity index is 706. The van der Waals surface area contributed by atoms with Gasteiger partial charge in [-0.25, -0.2) is 9.18 Å². The van der Waals surface area contributed by atoms with Crippen molar-refractivity contribution < 1.29 is 14.0 Å². The Balaban J connectivity index is 0.00000300. The first-order valence-corrected chi connectivity index (χ1v) is 9.57. The number of amides is 3. The summed E-state index contributed by atoms with van der Waals surface area (Å²) in [5.41, 5.74) is 1.12. The van der Waals surface area contributed by atoms with E-state index < -0.39 is 0 Å². The van der Waals surface area contributed by atoms with E-state index in [0.29, 0.717) is 25.1 Å². The number of aliphatic imine (C=N–C) groups is 1. The third kappa shape index (κ3) is 6.81. The van der Waals surface area contributed by atoms with Crippen LogP contribution in [0.5, 0.6) is 0 Å². The summed E-state index contributed by atoms with van der Waals surface area (Å²) in [7, 11) is 1.70. The van der Waals surface area contributed by atoms with Crippen LogP contribution in [0, 0.1) is 5.82 Å². The van der Waals surface area contributed by atoms with E-state index in [4.69, 9.17) is 0 Å². The van der Waals surface area contributed by atoms with Crippen molar-refractivity contribution in [3.63, 3.8) is 0 Å². The van der Waals surface area contributed by atoms with Crippen LogP contribution in [0.15, 0.2) is 29.3 Å². The molecule has 2 aliphatic rings. The number of hydrogen-bond acceptors (Lipinski definition) is 4. The standard InChI is InChI=1S/C19H27FN6O2.HI/c1-21-18(22-8-11-26-17(27)12-23-19(26)28)24-16-6-9-25(10-7-16)13-14-2-4-15(20)5-3-14;/h2-5,16H,6-13H2,1H3,(H,23,28)(H2,21,22,24);1H. The topological polar surface area (TPSA) is 89.1 Å². The van der Waals surface area contributed by atoms with E-state index >= 15 is 0 Å². The minimum absolute atomic E-state index is 0. The van der Waals surface area contributed by atoms with E-state index in [9.17, 15) is 14.0 Å². The number of piperidine rings is 1. The van der Waals surface area contributed by atoms with Crippen LogP contribution in [0.4, 0.5) is 9.18 Å². The van der Waals surface area contributed by atoms with Crippen molar-refractivity contribution in [1.29, 1.82) is 0 Å². The Morgan fingerprint density at radius 3 is 2.52 bits per heavy atom. The Hall–Kier alpha value is -1.95. The molecule has 0 aliphatic carbocycles. The second-order valence-corrected chi connectivity index (χ2v) is 7.02. The van der Waals surface area contributed by atoms with Crippen molar-refractivity contribution in [2.24, 2.45) is 4.99 Å². The lowest BCUT2D eigenvalue weighted by Gasteiger charge is -2.33. The van der Waals surface area contributed by atoms with Crippen molar-refractivity contribution in [2.45, 2.75) is 25.4 Å². The zero-order valence-electron chi connectivity index (χ0n) is 16.5. The highest BCUT2D eigenvalue weighted by atomic mass is 127. The normalized spacial score (nSPS) is 18.4. The Morgan fingerprint density at radius 1 is 1.24 bits per heavy atom. The highest BCUT2D eigenvalue weighted by Crippen LogP contribution is 2.14. The minimum atomic E-state index is -0.344. The van der Waals surface area contributed by atoms with E-state index in [1.165, 1.54) is 17.0 Å². The van der Waals surface area contributed by atoms with Gasteiger partial charge in [0.2, 0.25) is 5.91 Å². The number of urea groups is 1. The molecule has 1 aromatic carbocycles. The van der Waals surface area contributed by atoms with E-state index in [0.717, 1.165) is 38.0 Å². The summed E-state index contributed by atoms with van der Waals surface area (Å²) in [6.07, 6.45) is 1.96. The van der Waals surface area contributed by atoms with Crippen LogP contribution in [0.1, 0.15) is 18.4 Å². The highest BCUT2D eigenvalue weighted by molar-refractivity contribution is 14.0. The van der Waals surface area contributed by atoms with E-state index in [-0.39, 0.29) is 48.3 Å². The number of hydrogen-bond donors (Lipinski definition) is 3. The molecule has 0 bridgehead atoms. The van der Waals surface area contributed by atoms with Crippen LogP contribution < -0.4 is 16.0 Å². The molecule has 160 valence electrons. The van der Waals surface area contributed by atoms with E-state index in [2.05, 4.69) is 25.8 Å². The molecular formula is C19H28FIN6O2. The van der Waals surface area contributed by atoms with Gasteiger partial charge in [-0.1, -0.05) is 12.1 Å². The number of likely N-dealkylation sites (tertiary alicyclic amines) is 1. The SMILES string of the molecule is CN=C(NCCN1C(=O)CNC1=O)NC1CCN(Cc2ccc(F)cc2)CC1.I. The molecular weight excluding hydrogens is 490 g/mol. The maximum absolute atomic E-state index is 13.0. The molecule has 2 heterocycles. The fraction of sp³-hybridized carbons (Fsp3) is 0.526. The molecule has 2 saturated heterocycles. The molecule has 0 radical (unpaired) electrons. The average molecular weight is 518 g/mol. The van der Waals surface area contributed by atoms with Crippen LogP contribution in [-0.2, 0) is 11.3 Å². The van der Waals surface area contributed by atoms with Crippen LogP contribution in [0.3, 0.4) is 0 Å². The molecule has 3 N–H and O–H groups in total. The molecule has 10 heteroatoms. The van der Waals surface area contributed by atoms with Gasteiger partial charge in [-0.2, -0.15) is 0 Å². The molecule has 2 aliphatic heterocycles. The molecule has 0 unspecified atom stereocenters. The summed E-state index contributed by atoms with van der Waals surface area (Å²) < 4.78 is 13.0. The highest BCUT2D eigenvalue weighted by Gasteiger charge is 2.27. The van der Waals surface area contributed by atoms with Gasteiger partial charge in [0.1, 0.15) is 5.82 Å². The Labute approximate surface area is 187 Å². The quantitative estimate of drug-likeness (QED) is 0.228. The van der Waals surface area contributed by atoms with E-state index in [1.54, 1.807) is 7.05 Å². The molecule has 8 nitrogen and oxygen atoms in total. The second-order valence-electron chi connectivity index (χ2n) is 7.02. The largest absolute Gasteiger partial charge is 0.355 e. The van der Waals surface area contributed by atoms with Crippen molar-refractivity contribution in [3.8, 4) is 0 Å². The molecule has 1 aromatic rings. The molecule has 0 saturated carbocycles. The number of rotatable bonds is 6. The third-order valence-electron chi connectivity index (χ3n) is 5.04. The summed E-state index contributed by atoms with van der Waals surface area (Å²) >= 11 is 0. The zero-order chi connectivity index (χ0) is 19.9. The number of nitrogens with zero attached hydrogens (tertiary/aromatic N) is 3. The van der Waals surface area contributed by atoms with Gasteiger partial charge < -0.3 is 16.0 Å².